The highest BCUT2D eigenvalue weighted by Gasteiger charge is 2.15. The molecule has 2 amide bonds. The average molecular weight is 495 g/mol. The van der Waals surface area contributed by atoms with Crippen LogP contribution < -0.4 is 10.9 Å². The number of hydrogen-bond donors (Lipinski definition) is 3. The van der Waals surface area contributed by atoms with E-state index in [-0.39, 0.29) is 0 Å². The first-order chi connectivity index (χ1) is 17.6. The van der Waals surface area contributed by atoms with E-state index < -0.39 is 11.8 Å². The molecule has 3 heterocycles. The number of amides is 2. The number of rotatable bonds is 6. The Labute approximate surface area is 211 Å². The number of fused-ring (bicyclic) bond motifs is 1. The zero-order valence-electron chi connectivity index (χ0n) is 19.3. The lowest BCUT2D eigenvalue weighted by Gasteiger charge is -2.11. The van der Waals surface area contributed by atoms with Gasteiger partial charge in [-0.3, -0.25) is 30.5 Å². The second-order valence-electron chi connectivity index (χ2n) is 7.91. The van der Waals surface area contributed by atoms with Gasteiger partial charge >= 0.3 is 0 Å². The normalized spacial score (nSPS) is 11.1. The van der Waals surface area contributed by atoms with Gasteiger partial charge in [0.15, 0.2) is 0 Å². The highest BCUT2D eigenvalue weighted by atomic mass is 32.2. The molecule has 0 fully saturated rings. The summed E-state index contributed by atoms with van der Waals surface area (Å²) in [6.45, 7) is 0. The van der Waals surface area contributed by atoms with Crippen LogP contribution in [0.2, 0.25) is 0 Å². The highest BCUT2D eigenvalue weighted by molar-refractivity contribution is 7.99. The Morgan fingerprint density at radius 3 is 2.58 bits per heavy atom. The summed E-state index contributed by atoms with van der Waals surface area (Å²) in [5.41, 5.74) is 8.45. The molecule has 0 saturated carbocycles. The quantitative estimate of drug-likeness (QED) is 0.297. The molecule has 5 aromatic rings. The minimum atomic E-state index is -0.398. The highest BCUT2D eigenvalue weighted by Crippen LogP contribution is 2.32. The molecule has 5 rings (SSSR count). The molecule has 0 saturated heterocycles. The third-order valence-corrected chi connectivity index (χ3v) is 6.55. The molecule has 0 unspecified atom stereocenters. The van der Waals surface area contributed by atoms with Crippen LogP contribution >= 0.6 is 11.8 Å². The van der Waals surface area contributed by atoms with Crippen molar-refractivity contribution in [2.75, 3.05) is 0 Å². The molecule has 178 valence electrons. The van der Waals surface area contributed by atoms with Gasteiger partial charge in [-0.05, 0) is 66.7 Å². The number of aromatic nitrogens is 4. The minimum absolute atomic E-state index is 0.390. The number of carbonyl (C=O) groups excluding carboxylic acids is 2. The van der Waals surface area contributed by atoms with Crippen molar-refractivity contribution >= 4 is 46.6 Å². The van der Waals surface area contributed by atoms with Crippen molar-refractivity contribution in [3.05, 3.63) is 108 Å². The molecule has 3 aromatic heterocycles. The maximum absolute atomic E-state index is 12.8. The average Bonchev–Trinajstić information content (AvgIpc) is 3.52. The lowest BCUT2D eigenvalue weighted by molar-refractivity contribution is 0.0840. The Balaban J connectivity index is 1.30. The number of nitrogens with one attached hydrogen (secondary N) is 3. The molecule has 36 heavy (non-hydrogen) atoms. The maximum atomic E-state index is 12.8. The minimum Gasteiger partial charge on any atom is -0.347 e. The topological polar surface area (TPSA) is 105 Å². The van der Waals surface area contributed by atoms with Crippen LogP contribution in [0.1, 0.15) is 32.2 Å². The van der Waals surface area contributed by atoms with Crippen molar-refractivity contribution in [1.29, 1.82) is 0 Å². The largest absolute Gasteiger partial charge is 0.347 e. The van der Waals surface area contributed by atoms with Crippen LogP contribution in [0.3, 0.4) is 0 Å². The van der Waals surface area contributed by atoms with Gasteiger partial charge in [-0.1, -0.05) is 30.0 Å². The first-order valence-electron chi connectivity index (χ1n) is 11.1. The van der Waals surface area contributed by atoms with Crippen LogP contribution in [-0.2, 0) is 7.05 Å². The van der Waals surface area contributed by atoms with Crippen molar-refractivity contribution in [2.45, 2.75) is 9.79 Å². The molecule has 2 aromatic carbocycles. The van der Waals surface area contributed by atoms with Gasteiger partial charge in [-0.15, -0.1) is 0 Å². The summed E-state index contributed by atoms with van der Waals surface area (Å²) in [6.07, 6.45) is 7.36. The Hall–Kier alpha value is -4.63. The van der Waals surface area contributed by atoms with Crippen LogP contribution in [0, 0.1) is 0 Å². The standard InChI is InChI=1S/C27H22N6O2S/c1-33-16-6-9-24(33)27(35)32-31-26(34)21-8-2-3-10-25(21)36-19-12-13-20-22(29-30-23(20)17-19)14-11-18-7-4-5-15-28-18/h2-17H,1H3,(H,29,30)(H,31,34)(H,32,35). The van der Waals surface area contributed by atoms with Crippen LogP contribution in [0.25, 0.3) is 23.1 Å². The van der Waals surface area contributed by atoms with Gasteiger partial charge in [-0.2, -0.15) is 5.10 Å². The predicted molar refractivity (Wildman–Crippen MR) is 140 cm³/mol. The van der Waals surface area contributed by atoms with Crippen molar-refractivity contribution in [3.8, 4) is 0 Å². The van der Waals surface area contributed by atoms with Gasteiger partial charge in [0.25, 0.3) is 11.8 Å². The number of carbonyl (C=O) groups is 2. The summed E-state index contributed by atoms with van der Waals surface area (Å²) < 4.78 is 1.68. The molecule has 9 heteroatoms. The SMILES string of the molecule is Cn1cccc1C(=O)NNC(=O)c1ccccc1Sc1ccc2c(C=Cc3ccccn3)n[nH]c2c1. The smallest absolute Gasteiger partial charge is 0.286 e. The second kappa shape index (κ2) is 10.3. The molecule has 8 nitrogen and oxygen atoms in total. The number of pyridine rings is 1. The number of hydrogen-bond acceptors (Lipinski definition) is 5. The molecule has 0 aliphatic heterocycles. The Morgan fingerprint density at radius 1 is 0.944 bits per heavy atom. The number of aryl methyl sites for hydroxylation is 1. The Kier molecular flexibility index (Phi) is 6.63. The van der Waals surface area contributed by atoms with E-state index in [0.29, 0.717) is 11.3 Å². The fourth-order valence-corrected chi connectivity index (χ4v) is 4.65. The zero-order chi connectivity index (χ0) is 24.9. The van der Waals surface area contributed by atoms with Gasteiger partial charge < -0.3 is 4.57 Å². The number of nitrogens with zero attached hydrogens (tertiary/aromatic N) is 3. The molecule has 0 bridgehead atoms. The van der Waals surface area contributed by atoms with Gasteiger partial charge in [0, 0.05) is 34.6 Å². The zero-order valence-corrected chi connectivity index (χ0v) is 20.1. The van der Waals surface area contributed by atoms with Crippen LogP contribution in [0.5, 0.6) is 0 Å². The fourth-order valence-electron chi connectivity index (χ4n) is 3.66. The van der Waals surface area contributed by atoms with E-state index in [2.05, 4.69) is 26.0 Å². The van der Waals surface area contributed by atoms with Crippen LogP contribution in [0.4, 0.5) is 0 Å². The van der Waals surface area contributed by atoms with Gasteiger partial charge in [-0.25, -0.2) is 0 Å². The van der Waals surface area contributed by atoms with E-state index in [1.54, 1.807) is 48.3 Å². The molecular weight excluding hydrogens is 472 g/mol. The Bertz CT molecular complexity index is 1570. The summed E-state index contributed by atoms with van der Waals surface area (Å²) >= 11 is 1.46. The lowest BCUT2D eigenvalue weighted by Crippen LogP contribution is -2.42. The van der Waals surface area contributed by atoms with Crippen molar-refractivity contribution in [3.63, 3.8) is 0 Å². The Morgan fingerprint density at radius 2 is 1.78 bits per heavy atom. The van der Waals surface area contributed by atoms with Crippen molar-refractivity contribution < 1.29 is 9.59 Å². The number of benzene rings is 2. The summed E-state index contributed by atoms with van der Waals surface area (Å²) in [5, 5.41) is 8.48. The fraction of sp³-hybridized carbons (Fsp3) is 0.0370. The number of aromatic amines is 1. The molecule has 0 radical (unpaired) electrons. The van der Waals surface area contributed by atoms with Crippen molar-refractivity contribution in [1.82, 2.24) is 30.6 Å². The van der Waals surface area contributed by atoms with E-state index in [1.165, 1.54) is 11.8 Å². The van der Waals surface area contributed by atoms with Crippen LogP contribution in [0.15, 0.2) is 95.0 Å². The van der Waals surface area contributed by atoms with E-state index in [0.717, 1.165) is 32.1 Å². The third-order valence-electron chi connectivity index (χ3n) is 5.49. The van der Waals surface area contributed by atoms with Crippen molar-refractivity contribution in [2.24, 2.45) is 7.05 Å². The monoisotopic (exact) mass is 494 g/mol. The van der Waals surface area contributed by atoms with Gasteiger partial charge in [0.2, 0.25) is 0 Å². The maximum Gasteiger partial charge on any atom is 0.286 e. The third kappa shape index (κ3) is 5.06. The summed E-state index contributed by atoms with van der Waals surface area (Å²) in [4.78, 5) is 31.2. The molecule has 0 spiro atoms. The van der Waals surface area contributed by atoms with Crippen LogP contribution in [-0.4, -0.2) is 31.6 Å². The van der Waals surface area contributed by atoms with E-state index in [4.69, 9.17) is 0 Å². The molecule has 0 atom stereocenters. The molecular formula is C27H22N6O2S. The van der Waals surface area contributed by atoms with Gasteiger partial charge in [0.1, 0.15) is 5.69 Å². The first-order valence-corrected chi connectivity index (χ1v) is 12.0. The summed E-state index contributed by atoms with van der Waals surface area (Å²) in [7, 11) is 1.76. The summed E-state index contributed by atoms with van der Waals surface area (Å²) in [6, 6.07) is 22.4. The molecule has 3 N–H and O–H groups in total. The van der Waals surface area contributed by atoms with Gasteiger partial charge in [0.05, 0.1) is 22.5 Å². The predicted octanol–water partition coefficient (Wildman–Crippen LogP) is 4.69. The number of H-pyrrole nitrogens is 1. The van der Waals surface area contributed by atoms with E-state index in [9.17, 15) is 9.59 Å². The second-order valence-corrected chi connectivity index (χ2v) is 9.03. The first kappa shape index (κ1) is 23.1. The molecule has 0 aliphatic carbocycles. The van der Waals surface area contributed by atoms with E-state index >= 15 is 0 Å². The number of hydrazine groups is 1. The molecule has 0 aliphatic rings. The van der Waals surface area contributed by atoms with E-state index in [1.807, 2.05) is 60.7 Å². The lowest BCUT2D eigenvalue weighted by atomic mass is 10.2. The summed E-state index contributed by atoms with van der Waals surface area (Å²) in [5.74, 6) is -0.788.